The van der Waals surface area contributed by atoms with Crippen molar-refractivity contribution in [2.45, 2.75) is 6.92 Å². The molecule has 2 aromatic carbocycles. The Morgan fingerprint density at radius 3 is 2.59 bits per heavy atom. The number of thiazole rings is 1. The lowest BCUT2D eigenvalue weighted by Gasteiger charge is -2.06. The van der Waals surface area contributed by atoms with Crippen molar-refractivity contribution in [3.05, 3.63) is 69.0 Å². The fourth-order valence-electron chi connectivity index (χ4n) is 2.05. The van der Waals surface area contributed by atoms with E-state index in [4.69, 9.17) is 0 Å². The number of aryl methyl sites for hydroxylation is 1. The predicted octanol–water partition coefficient (Wildman–Crippen LogP) is 5.13. The smallest absolute Gasteiger partial charge is 0.255 e. The number of carbonyl (C=O) groups is 1. The van der Waals surface area contributed by atoms with Crippen LogP contribution in [0, 0.1) is 6.92 Å². The van der Waals surface area contributed by atoms with Crippen molar-refractivity contribution in [3.8, 4) is 11.3 Å². The lowest BCUT2D eigenvalue weighted by Crippen LogP contribution is -2.11. The first-order chi connectivity index (χ1) is 10.6. The van der Waals surface area contributed by atoms with Gasteiger partial charge in [-0.25, -0.2) is 4.98 Å². The number of rotatable bonds is 3. The van der Waals surface area contributed by atoms with E-state index in [2.05, 4.69) is 26.2 Å². The van der Waals surface area contributed by atoms with E-state index in [1.54, 1.807) is 23.5 Å². The molecule has 0 aliphatic rings. The Bertz CT molecular complexity index is 812. The molecule has 0 saturated carbocycles. The third-order valence-electron chi connectivity index (χ3n) is 3.14. The van der Waals surface area contributed by atoms with Crippen LogP contribution < -0.4 is 5.32 Å². The highest BCUT2D eigenvalue weighted by Crippen LogP contribution is 2.23. The lowest BCUT2D eigenvalue weighted by molar-refractivity contribution is 0.102. The van der Waals surface area contributed by atoms with Gasteiger partial charge in [0.25, 0.3) is 5.91 Å². The zero-order valence-corrected chi connectivity index (χ0v) is 14.2. The minimum absolute atomic E-state index is 0.126. The number of hydrogen-bond acceptors (Lipinski definition) is 3. The zero-order valence-electron chi connectivity index (χ0n) is 11.8. The number of halogens is 1. The molecule has 22 heavy (non-hydrogen) atoms. The number of anilines is 1. The van der Waals surface area contributed by atoms with Crippen LogP contribution in [0.2, 0.25) is 0 Å². The van der Waals surface area contributed by atoms with Crippen molar-refractivity contribution in [1.29, 1.82) is 0 Å². The van der Waals surface area contributed by atoms with Crippen molar-refractivity contribution in [2.75, 3.05) is 5.32 Å². The third-order valence-corrected chi connectivity index (χ3v) is 4.41. The fourth-order valence-corrected chi connectivity index (χ4v) is 3.07. The summed E-state index contributed by atoms with van der Waals surface area (Å²) in [4.78, 5) is 16.6. The molecule has 0 aliphatic carbocycles. The van der Waals surface area contributed by atoms with Gasteiger partial charge in [0.05, 0.1) is 10.7 Å². The van der Waals surface area contributed by atoms with Crippen molar-refractivity contribution in [2.24, 2.45) is 0 Å². The average molecular weight is 373 g/mol. The van der Waals surface area contributed by atoms with Crippen LogP contribution in [-0.2, 0) is 0 Å². The van der Waals surface area contributed by atoms with Crippen LogP contribution in [0.5, 0.6) is 0 Å². The first-order valence-corrected chi connectivity index (χ1v) is 8.38. The maximum absolute atomic E-state index is 12.2. The molecule has 3 aromatic rings. The number of hydrogen-bond donors (Lipinski definition) is 1. The van der Waals surface area contributed by atoms with Crippen LogP contribution >= 0.6 is 27.3 Å². The second-order valence-electron chi connectivity index (χ2n) is 4.79. The summed E-state index contributed by atoms with van der Waals surface area (Å²) >= 11 is 4.99. The largest absolute Gasteiger partial charge is 0.322 e. The number of carbonyl (C=O) groups excluding carboxylic acids is 1. The maximum Gasteiger partial charge on any atom is 0.255 e. The van der Waals surface area contributed by atoms with E-state index in [0.29, 0.717) is 5.56 Å². The normalized spacial score (nSPS) is 10.5. The van der Waals surface area contributed by atoms with Gasteiger partial charge >= 0.3 is 0 Å². The molecule has 0 saturated heterocycles. The van der Waals surface area contributed by atoms with Gasteiger partial charge in [-0.15, -0.1) is 11.3 Å². The molecule has 0 bridgehead atoms. The molecule has 1 heterocycles. The van der Waals surface area contributed by atoms with E-state index in [-0.39, 0.29) is 5.91 Å². The summed E-state index contributed by atoms with van der Waals surface area (Å²) in [6.45, 7) is 1.99. The van der Waals surface area contributed by atoms with Gasteiger partial charge < -0.3 is 5.32 Å². The molecule has 0 aliphatic heterocycles. The Kier molecular flexibility index (Phi) is 4.36. The van der Waals surface area contributed by atoms with E-state index in [9.17, 15) is 4.79 Å². The zero-order chi connectivity index (χ0) is 15.5. The maximum atomic E-state index is 12.2. The van der Waals surface area contributed by atoms with Crippen LogP contribution in [0.3, 0.4) is 0 Å². The van der Waals surface area contributed by atoms with Crippen molar-refractivity contribution >= 4 is 38.9 Å². The van der Waals surface area contributed by atoms with Crippen molar-refractivity contribution in [1.82, 2.24) is 4.98 Å². The Hall–Kier alpha value is -1.98. The molecule has 1 amide bonds. The minimum Gasteiger partial charge on any atom is -0.322 e. The molecule has 110 valence electrons. The van der Waals surface area contributed by atoms with Gasteiger partial charge in [-0.3, -0.25) is 4.79 Å². The molecular formula is C17H13BrN2OS. The molecule has 5 heteroatoms. The summed E-state index contributed by atoms with van der Waals surface area (Å²) < 4.78 is 0.884. The SMILES string of the molecule is Cc1nc(-c2ccc(NC(=O)c3cccc(Br)c3)cc2)cs1. The third kappa shape index (κ3) is 3.43. The van der Waals surface area contributed by atoms with Crippen LogP contribution in [0.25, 0.3) is 11.3 Å². The monoisotopic (exact) mass is 372 g/mol. The molecule has 0 unspecified atom stereocenters. The first-order valence-electron chi connectivity index (χ1n) is 6.71. The predicted molar refractivity (Wildman–Crippen MR) is 94.4 cm³/mol. The lowest BCUT2D eigenvalue weighted by atomic mass is 10.1. The molecular weight excluding hydrogens is 360 g/mol. The van der Waals surface area contributed by atoms with E-state index in [1.807, 2.05) is 48.7 Å². The quantitative estimate of drug-likeness (QED) is 0.691. The fraction of sp³-hybridized carbons (Fsp3) is 0.0588. The Morgan fingerprint density at radius 1 is 1.18 bits per heavy atom. The number of amides is 1. The Labute approximate surface area is 141 Å². The van der Waals surface area contributed by atoms with Crippen molar-refractivity contribution < 1.29 is 4.79 Å². The first kappa shape index (κ1) is 14.9. The van der Waals surface area contributed by atoms with Crippen LogP contribution in [0.15, 0.2) is 58.4 Å². The van der Waals surface area contributed by atoms with Gasteiger partial charge in [0.2, 0.25) is 0 Å². The summed E-state index contributed by atoms with van der Waals surface area (Å²) in [5.41, 5.74) is 3.39. The molecule has 0 spiro atoms. The molecule has 0 radical (unpaired) electrons. The highest BCUT2D eigenvalue weighted by atomic mass is 79.9. The summed E-state index contributed by atoms with van der Waals surface area (Å²) in [5, 5.41) is 5.97. The van der Waals surface area contributed by atoms with Crippen molar-refractivity contribution in [3.63, 3.8) is 0 Å². The second kappa shape index (κ2) is 6.42. The standard InChI is InChI=1S/C17H13BrN2OS/c1-11-19-16(10-22-11)12-5-7-15(8-6-12)20-17(21)13-3-2-4-14(18)9-13/h2-10H,1H3,(H,20,21). The van der Waals surface area contributed by atoms with Gasteiger partial charge in [0.15, 0.2) is 0 Å². The Morgan fingerprint density at radius 2 is 1.95 bits per heavy atom. The Balaban J connectivity index is 1.75. The van der Waals surface area contributed by atoms with Gasteiger partial charge in [0.1, 0.15) is 0 Å². The molecule has 0 atom stereocenters. The molecule has 3 rings (SSSR count). The highest BCUT2D eigenvalue weighted by molar-refractivity contribution is 9.10. The van der Waals surface area contributed by atoms with Gasteiger partial charge in [-0.2, -0.15) is 0 Å². The number of nitrogens with one attached hydrogen (secondary N) is 1. The second-order valence-corrected chi connectivity index (χ2v) is 6.77. The summed E-state index contributed by atoms with van der Waals surface area (Å²) in [7, 11) is 0. The van der Waals surface area contributed by atoms with E-state index in [1.165, 1.54) is 0 Å². The van der Waals surface area contributed by atoms with Gasteiger partial charge in [0, 0.05) is 26.7 Å². The van der Waals surface area contributed by atoms with E-state index in [0.717, 1.165) is 26.4 Å². The highest BCUT2D eigenvalue weighted by Gasteiger charge is 2.07. The van der Waals surface area contributed by atoms with Crippen LogP contribution in [0.1, 0.15) is 15.4 Å². The number of nitrogens with zero attached hydrogens (tertiary/aromatic N) is 1. The number of benzene rings is 2. The molecule has 0 fully saturated rings. The number of aromatic nitrogens is 1. The average Bonchev–Trinajstić information content (AvgIpc) is 2.94. The molecule has 1 aromatic heterocycles. The summed E-state index contributed by atoms with van der Waals surface area (Å²) in [5.74, 6) is -0.126. The summed E-state index contributed by atoms with van der Waals surface area (Å²) in [6.07, 6.45) is 0. The van der Waals surface area contributed by atoms with Gasteiger partial charge in [-0.05, 0) is 37.3 Å². The van der Waals surface area contributed by atoms with E-state index >= 15 is 0 Å². The molecule has 3 nitrogen and oxygen atoms in total. The van der Waals surface area contributed by atoms with Crippen LogP contribution in [-0.4, -0.2) is 10.9 Å². The molecule has 1 N–H and O–H groups in total. The summed E-state index contributed by atoms with van der Waals surface area (Å²) in [6, 6.07) is 15.0. The van der Waals surface area contributed by atoms with Gasteiger partial charge in [-0.1, -0.05) is 34.1 Å². The topological polar surface area (TPSA) is 42.0 Å². The minimum atomic E-state index is -0.126. The van der Waals surface area contributed by atoms with E-state index < -0.39 is 0 Å². The van der Waals surface area contributed by atoms with Crippen LogP contribution in [0.4, 0.5) is 5.69 Å².